The molecule has 4 nitrogen and oxygen atoms in total. The van der Waals surface area contributed by atoms with Gasteiger partial charge in [-0.2, -0.15) is 0 Å². The number of aliphatic hydroxyl groups excluding tert-OH is 2. The maximum absolute atomic E-state index is 11.7. The van der Waals surface area contributed by atoms with Gasteiger partial charge in [0.1, 0.15) is 0 Å². The molecule has 2 N–H and O–H groups in total. The van der Waals surface area contributed by atoms with Gasteiger partial charge in [0.15, 0.2) is 5.79 Å². The van der Waals surface area contributed by atoms with Gasteiger partial charge < -0.3 is 19.7 Å². The lowest BCUT2D eigenvalue weighted by atomic mass is 9.43. The standard InChI is InChI=1S/C27H44O4/c1-15-7-10-27(30-14-15)16(2)23-22(31-27)12-20-19-6-5-17-11-18(28)8-9-25(17,3)24(19)21(29)13-26(20,23)4/h15-24,28-29H,5-14H2,1-4H3/t15-,16-,17+,18+,19-,20-,21+,22-,23-,24+,25-,26-,27+/m0/s1. The van der Waals surface area contributed by atoms with Crippen molar-refractivity contribution in [2.24, 2.45) is 52.3 Å². The van der Waals surface area contributed by atoms with Crippen molar-refractivity contribution in [1.82, 2.24) is 0 Å². The third kappa shape index (κ3) is 2.80. The fraction of sp³-hybridized carbons (Fsp3) is 1.00. The molecule has 0 amide bonds. The van der Waals surface area contributed by atoms with E-state index in [-0.39, 0.29) is 28.8 Å². The summed E-state index contributed by atoms with van der Waals surface area (Å²) < 4.78 is 13.3. The van der Waals surface area contributed by atoms with E-state index in [9.17, 15) is 10.2 Å². The summed E-state index contributed by atoms with van der Waals surface area (Å²) in [6, 6.07) is 0. The summed E-state index contributed by atoms with van der Waals surface area (Å²) in [5.41, 5.74) is 0.342. The zero-order chi connectivity index (χ0) is 21.8. The largest absolute Gasteiger partial charge is 0.393 e. The van der Waals surface area contributed by atoms with Gasteiger partial charge in [-0.05, 0) is 97.7 Å². The topological polar surface area (TPSA) is 58.9 Å². The first-order valence-corrected chi connectivity index (χ1v) is 13.4. The first-order valence-electron chi connectivity index (χ1n) is 13.4. The maximum Gasteiger partial charge on any atom is 0.171 e. The molecule has 6 fully saturated rings. The molecule has 2 heterocycles. The maximum atomic E-state index is 11.7. The van der Waals surface area contributed by atoms with Crippen molar-refractivity contribution in [2.45, 2.75) is 110 Å². The second-order valence-corrected chi connectivity index (χ2v) is 13.3. The van der Waals surface area contributed by atoms with Crippen LogP contribution >= 0.6 is 0 Å². The number of aliphatic hydroxyl groups is 2. The van der Waals surface area contributed by atoms with Gasteiger partial charge in [-0.1, -0.05) is 27.7 Å². The molecular formula is C27H44O4. The lowest BCUT2D eigenvalue weighted by molar-refractivity contribution is -0.274. The highest BCUT2D eigenvalue weighted by Crippen LogP contribution is 2.71. The van der Waals surface area contributed by atoms with E-state index in [1.807, 2.05) is 0 Å². The molecule has 1 spiro atoms. The fourth-order valence-electron chi connectivity index (χ4n) is 10.4. The Hall–Kier alpha value is -0.160. The Kier molecular flexibility index (Phi) is 4.78. The molecule has 2 saturated heterocycles. The third-order valence-electron chi connectivity index (χ3n) is 11.8. The third-order valence-corrected chi connectivity index (χ3v) is 11.8. The van der Waals surface area contributed by atoms with Gasteiger partial charge in [0.2, 0.25) is 0 Å². The second kappa shape index (κ2) is 6.93. The van der Waals surface area contributed by atoms with Crippen LogP contribution in [0, 0.1) is 52.3 Å². The molecule has 2 aliphatic heterocycles. The number of ether oxygens (including phenoxy) is 2. The van der Waals surface area contributed by atoms with E-state index < -0.39 is 0 Å². The molecule has 6 aliphatic rings. The minimum absolute atomic E-state index is 0.130. The van der Waals surface area contributed by atoms with Crippen LogP contribution < -0.4 is 0 Å². The Balaban J connectivity index is 1.29. The smallest absolute Gasteiger partial charge is 0.171 e. The molecule has 13 atom stereocenters. The molecule has 4 aliphatic carbocycles. The molecule has 31 heavy (non-hydrogen) atoms. The summed E-state index contributed by atoms with van der Waals surface area (Å²) in [6.45, 7) is 10.4. The van der Waals surface area contributed by atoms with Crippen molar-refractivity contribution >= 4 is 0 Å². The summed E-state index contributed by atoms with van der Waals surface area (Å²) in [5, 5.41) is 22.0. The Labute approximate surface area is 188 Å². The molecule has 0 aromatic heterocycles. The lowest BCUT2D eigenvalue weighted by Gasteiger charge is -2.62. The average Bonchev–Trinajstić information content (AvgIpc) is 3.15. The molecule has 4 saturated carbocycles. The van der Waals surface area contributed by atoms with E-state index in [2.05, 4.69) is 27.7 Å². The van der Waals surface area contributed by atoms with Crippen molar-refractivity contribution < 1.29 is 19.7 Å². The van der Waals surface area contributed by atoms with Crippen LogP contribution in [0.1, 0.15) is 85.5 Å². The zero-order valence-electron chi connectivity index (χ0n) is 20.1. The molecule has 0 unspecified atom stereocenters. The Morgan fingerprint density at radius 2 is 1.68 bits per heavy atom. The average molecular weight is 433 g/mol. The van der Waals surface area contributed by atoms with E-state index >= 15 is 0 Å². The second-order valence-electron chi connectivity index (χ2n) is 13.3. The Morgan fingerprint density at radius 1 is 0.871 bits per heavy atom. The summed E-state index contributed by atoms with van der Waals surface area (Å²) in [5.74, 6) is 3.40. The summed E-state index contributed by atoms with van der Waals surface area (Å²) in [6.07, 6.45) is 9.63. The fourth-order valence-corrected chi connectivity index (χ4v) is 10.4. The van der Waals surface area contributed by atoms with Crippen molar-refractivity contribution in [3.63, 3.8) is 0 Å². The first-order chi connectivity index (χ1) is 14.7. The van der Waals surface area contributed by atoms with Crippen molar-refractivity contribution in [2.75, 3.05) is 6.61 Å². The highest BCUT2D eigenvalue weighted by molar-refractivity contribution is 5.17. The Bertz CT molecular complexity index is 716. The van der Waals surface area contributed by atoms with Crippen LogP contribution in [0.5, 0.6) is 0 Å². The quantitative estimate of drug-likeness (QED) is 0.579. The van der Waals surface area contributed by atoms with Crippen molar-refractivity contribution in [1.29, 1.82) is 0 Å². The first kappa shape index (κ1) is 21.4. The van der Waals surface area contributed by atoms with E-state index in [1.165, 1.54) is 19.3 Å². The lowest BCUT2D eigenvalue weighted by Crippen LogP contribution is -2.59. The highest BCUT2D eigenvalue weighted by atomic mass is 16.7. The number of rotatable bonds is 0. The molecule has 6 rings (SSSR count). The van der Waals surface area contributed by atoms with Crippen LogP contribution in [0.4, 0.5) is 0 Å². The number of hydrogen-bond acceptors (Lipinski definition) is 4. The van der Waals surface area contributed by atoms with E-state index in [0.717, 1.165) is 45.1 Å². The minimum Gasteiger partial charge on any atom is -0.393 e. The minimum atomic E-state index is -0.374. The zero-order valence-corrected chi connectivity index (χ0v) is 20.1. The normalized spacial score (nSPS) is 63.3. The van der Waals surface area contributed by atoms with Gasteiger partial charge >= 0.3 is 0 Å². The molecular weight excluding hydrogens is 388 g/mol. The Morgan fingerprint density at radius 3 is 2.42 bits per heavy atom. The van der Waals surface area contributed by atoms with Crippen molar-refractivity contribution in [3.8, 4) is 0 Å². The van der Waals surface area contributed by atoms with Crippen LogP contribution in [0.25, 0.3) is 0 Å². The van der Waals surface area contributed by atoms with Crippen LogP contribution in [0.2, 0.25) is 0 Å². The molecule has 176 valence electrons. The van der Waals surface area contributed by atoms with Crippen molar-refractivity contribution in [3.05, 3.63) is 0 Å². The number of hydrogen-bond donors (Lipinski definition) is 2. The van der Waals surface area contributed by atoms with Crippen LogP contribution in [-0.2, 0) is 9.47 Å². The molecule has 0 aromatic rings. The number of fused-ring (bicyclic) bond motifs is 7. The molecule has 0 aromatic carbocycles. The molecule has 0 bridgehead atoms. The van der Waals surface area contributed by atoms with Gasteiger partial charge in [0.05, 0.1) is 24.9 Å². The van der Waals surface area contributed by atoms with Gasteiger partial charge in [0.25, 0.3) is 0 Å². The highest BCUT2D eigenvalue weighted by Gasteiger charge is 2.70. The predicted molar refractivity (Wildman–Crippen MR) is 119 cm³/mol. The van der Waals surface area contributed by atoms with Crippen LogP contribution in [-0.4, -0.2) is 40.9 Å². The summed E-state index contributed by atoms with van der Waals surface area (Å²) >= 11 is 0. The summed E-state index contributed by atoms with van der Waals surface area (Å²) in [7, 11) is 0. The van der Waals surface area contributed by atoms with E-state index in [1.54, 1.807) is 0 Å². The van der Waals surface area contributed by atoms with E-state index in [0.29, 0.717) is 47.5 Å². The van der Waals surface area contributed by atoms with Gasteiger partial charge in [-0.15, -0.1) is 0 Å². The monoisotopic (exact) mass is 432 g/mol. The van der Waals surface area contributed by atoms with E-state index in [4.69, 9.17) is 9.47 Å². The molecule has 4 heteroatoms. The van der Waals surface area contributed by atoms with Gasteiger partial charge in [-0.3, -0.25) is 0 Å². The summed E-state index contributed by atoms with van der Waals surface area (Å²) in [4.78, 5) is 0. The van der Waals surface area contributed by atoms with Crippen LogP contribution in [0.15, 0.2) is 0 Å². The van der Waals surface area contributed by atoms with Gasteiger partial charge in [0, 0.05) is 12.3 Å². The van der Waals surface area contributed by atoms with Crippen LogP contribution in [0.3, 0.4) is 0 Å². The van der Waals surface area contributed by atoms with Gasteiger partial charge in [-0.25, -0.2) is 0 Å². The predicted octanol–water partition coefficient (Wildman–Crippen LogP) is 4.76. The molecule has 0 radical (unpaired) electrons. The SMILES string of the molecule is C[C@H]1CC[C@@]2(OC1)O[C@H]1C[C@H]3[C@@H]4CC[C@@H]5C[C@H](O)CC[C@]5(C)[C@H]4[C@H](O)C[C@]3(C)[C@H]1[C@@H]2C.